The molecule has 0 spiro atoms. The number of rotatable bonds is 5. The predicted octanol–water partition coefficient (Wildman–Crippen LogP) is 3.37. The zero-order valence-electron chi connectivity index (χ0n) is 13.5. The smallest absolute Gasteiger partial charge is 0.251 e. The molecule has 0 atom stereocenters. The molecule has 1 aromatic carbocycles. The minimum Gasteiger partial charge on any atom is -0.346 e. The number of carbonyl (C=O) groups is 1. The molecule has 3 rings (SSSR count). The number of nitrogens with zero attached hydrogens (tertiary/aromatic N) is 2. The highest BCUT2D eigenvalue weighted by Gasteiger charge is 2.13. The molecule has 0 unspecified atom stereocenters. The van der Waals surface area contributed by atoms with Crippen molar-refractivity contribution in [3.05, 3.63) is 51.5 Å². The normalized spacial score (nSPS) is 15.5. The highest BCUT2D eigenvalue weighted by molar-refractivity contribution is 7.09. The van der Waals surface area contributed by atoms with Crippen LogP contribution in [0.15, 0.2) is 29.6 Å². The molecular weight excluding hydrogens is 306 g/mol. The van der Waals surface area contributed by atoms with Gasteiger partial charge >= 0.3 is 0 Å². The van der Waals surface area contributed by atoms with Crippen molar-refractivity contribution in [1.29, 1.82) is 0 Å². The Hall–Kier alpha value is -1.72. The lowest BCUT2D eigenvalue weighted by Crippen LogP contribution is -2.29. The molecule has 1 aromatic heterocycles. The van der Waals surface area contributed by atoms with Crippen molar-refractivity contribution in [2.24, 2.45) is 0 Å². The lowest BCUT2D eigenvalue weighted by Gasteiger charge is -2.25. The molecule has 1 amide bonds. The molecule has 4 nitrogen and oxygen atoms in total. The molecule has 1 N–H and O–H groups in total. The van der Waals surface area contributed by atoms with E-state index in [2.05, 4.69) is 20.6 Å². The first-order valence-electron chi connectivity index (χ1n) is 8.22. The van der Waals surface area contributed by atoms with Gasteiger partial charge in [-0.3, -0.25) is 9.69 Å². The number of hydrogen-bond acceptors (Lipinski definition) is 4. The fourth-order valence-electron chi connectivity index (χ4n) is 2.93. The van der Waals surface area contributed by atoms with E-state index in [4.69, 9.17) is 0 Å². The number of thiazole rings is 1. The van der Waals surface area contributed by atoms with Crippen LogP contribution in [0.5, 0.6) is 0 Å². The summed E-state index contributed by atoms with van der Waals surface area (Å²) in [4.78, 5) is 19.3. The average molecular weight is 329 g/mol. The first kappa shape index (κ1) is 16.1. The number of piperidine rings is 1. The number of aryl methyl sites for hydroxylation is 1. The zero-order valence-corrected chi connectivity index (χ0v) is 14.4. The van der Waals surface area contributed by atoms with Gasteiger partial charge in [0.2, 0.25) is 0 Å². The first-order valence-corrected chi connectivity index (χ1v) is 9.10. The number of hydrogen-bond donors (Lipinski definition) is 1. The highest BCUT2D eigenvalue weighted by Crippen LogP contribution is 2.16. The van der Waals surface area contributed by atoms with Crippen LogP contribution in [-0.4, -0.2) is 28.9 Å². The van der Waals surface area contributed by atoms with E-state index in [1.807, 2.05) is 31.2 Å². The summed E-state index contributed by atoms with van der Waals surface area (Å²) in [6, 6.07) is 7.64. The van der Waals surface area contributed by atoms with E-state index < -0.39 is 0 Å². The van der Waals surface area contributed by atoms with E-state index in [0.29, 0.717) is 6.54 Å². The summed E-state index contributed by atoms with van der Waals surface area (Å²) in [5.74, 6) is -0.0316. The van der Waals surface area contributed by atoms with Gasteiger partial charge in [0.25, 0.3) is 5.91 Å². The lowest BCUT2D eigenvalue weighted by atomic mass is 10.1. The van der Waals surface area contributed by atoms with E-state index in [9.17, 15) is 4.79 Å². The predicted molar refractivity (Wildman–Crippen MR) is 93.6 cm³/mol. The van der Waals surface area contributed by atoms with Gasteiger partial charge in [-0.15, -0.1) is 11.3 Å². The highest BCUT2D eigenvalue weighted by atomic mass is 32.1. The van der Waals surface area contributed by atoms with Gasteiger partial charge in [-0.05, 0) is 44.5 Å². The monoisotopic (exact) mass is 329 g/mol. The molecule has 0 radical (unpaired) electrons. The van der Waals surface area contributed by atoms with Crippen molar-refractivity contribution in [2.75, 3.05) is 13.1 Å². The lowest BCUT2D eigenvalue weighted by molar-refractivity contribution is 0.0950. The van der Waals surface area contributed by atoms with Crippen LogP contribution >= 0.6 is 11.3 Å². The Balaban J connectivity index is 1.53. The fraction of sp³-hybridized carbons (Fsp3) is 0.444. The van der Waals surface area contributed by atoms with E-state index in [0.717, 1.165) is 28.4 Å². The summed E-state index contributed by atoms with van der Waals surface area (Å²) in [5.41, 5.74) is 2.85. The van der Waals surface area contributed by atoms with Crippen molar-refractivity contribution in [2.45, 2.75) is 39.3 Å². The molecular formula is C18H23N3OS. The molecule has 5 heteroatoms. The van der Waals surface area contributed by atoms with Gasteiger partial charge in [0.05, 0.1) is 12.2 Å². The maximum absolute atomic E-state index is 12.2. The standard InChI is InChI=1S/C18H23N3OS/c1-14-7-3-4-8-16(14)18(22)19-11-17-20-15(13-23-17)12-21-9-5-2-6-10-21/h3-4,7-8,13H,2,5-6,9-12H2,1H3,(H,19,22). The molecule has 1 fully saturated rings. The minimum absolute atomic E-state index is 0.0316. The van der Waals surface area contributed by atoms with Crippen molar-refractivity contribution >= 4 is 17.2 Å². The Bertz CT molecular complexity index is 662. The average Bonchev–Trinajstić information content (AvgIpc) is 3.01. The third kappa shape index (κ3) is 4.39. The van der Waals surface area contributed by atoms with Crippen LogP contribution in [0.3, 0.4) is 0 Å². The molecule has 0 saturated carbocycles. The van der Waals surface area contributed by atoms with Crippen molar-refractivity contribution < 1.29 is 4.79 Å². The number of likely N-dealkylation sites (tertiary alicyclic amines) is 1. The van der Waals surface area contributed by atoms with Crippen molar-refractivity contribution in [3.63, 3.8) is 0 Å². The van der Waals surface area contributed by atoms with Crippen LogP contribution in [-0.2, 0) is 13.1 Å². The third-order valence-corrected chi connectivity index (χ3v) is 5.12. The van der Waals surface area contributed by atoms with Gasteiger partial charge in [0, 0.05) is 17.5 Å². The molecule has 0 aliphatic carbocycles. The summed E-state index contributed by atoms with van der Waals surface area (Å²) in [7, 11) is 0. The fourth-order valence-corrected chi connectivity index (χ4v) is 3.65. The topological polar surface area (TPSA) is 45.2 Å². The number of carbonyl (C=O) groups excluding carboxylic acids is 1. The summed E-state index contributed by atoms with van der Waals surface area (Å²) in [6.07, 6.45) is 3.94. The van der Waals surface area contributed by atoms with Gasteiger partial charge in [-0.2, -0.15) is 0 Å². The number of aromatic nitrogens is 1. The summed E-state index contributed by atoms with van der Waals surface area (Å²) >= 11 is 1.63. The van der Waals surface area contributed by atoms with E-state index in [-0.39, 0.29) is 5.91 Å². The number of amides is 1. The van der Waals surface area contributed by atoms with Crippen molar-refractivity contribution in [1.82, 2.24) is 15.2 Å². The maximum Gasteiger partial charge on any atom is 0.251 e. The van der Waals surface area contributed by atoms with Crippen LogP contribution in [0.1, 0.15) is 45.9 Å². The van der Waals surface area contributed by atoms with Crippen molar-refractivity contribution in [3.8, 4) is 0 Å². The largest absolute Gasteiger partial charge is 0.346 e. The Kier molecular flexibility index (Phi) is 5.41. The quantitative estimate of drug-likeness (QED) is 0.915. The summed E-state index contributed by atoms with van der Waals surface area (Å²) in [6.45, 7) is 5.74. The molecule has 1 aliphatic heterocycles. The van der Waals surface area contributed by atoms with Gasteiger partial charge in [-0.1, -0.05) is 24.6 Å². The van der Waals surface area contributed by atoms with Gasteiger partial charge in [-0.25, -0.2) is 4.98 Å². The van der Waals surface area contributed by atoms with Gasteiger partial charge < -0.3 is 5.32 Å². The Morgan fingerprint density at radius 2 is 2.04 bits per heavy atom. The minimum atomic E-state index is -0.0316. The second-order valence-electron chi connectivity index (χ2n) is 6.07. The molecule has 0 bridgehead atoms. The summed E-state index contributed by atoms with van der Waals surface area (Å²) in [5, 5.41) is 6.05. The molecule has 1 saturated heterocycles. The third-order valence-electron chi connectivity index (χ3n) is 4.22. The maximum atomic E-state index is 12.2. The number of benzene rings is 1. The Labute approximate surface area is 141 Å². The SMILES string of the molecule is Cc1ccccc1C(=O)NCc1nc(CN2CCCCC2)cs1. The van der Waals surface area contributed by atoms with E-state index >= 15 is 0 Å². The zero-order chi connectivity index (χ0) is 16.1. The van der Waals surface area contributed by atoms with Gasteiger partial charge in [0.15, 0.2) is 0 Å². The molecule has 1 aliphatic rings. The molecule has 23 heavy (non-hydrogen) atoms. The number of nitrogens with one attached hydrogen (secondary N) is 1. The molecule has 2 heterocycles. The van der Waals surface area contributed by atoms with Gasteiger partial charge in [0.1, 0.15) is 5.01 Å². The van der Waals surface area contributed by atoms with Crippen LogP contribution < -0.4 is 5.32 Å². The molecule has 122 valence electrons. The first-order chi connectivity index (χ1) is 11.2. The van der Waals surface area contributed by atoms with E-state index in [1.165, 1.54) is 32.4 Å². The van der Waals surface area contributed by atoms with E-state index in [1.54, 1.807) is 11.3 Å². The molecule has 2 aromatic rings. The Morgan fingerprint density at radius 1 is 1.26 bits per heavy atom. The second kappa shape index (κ2) is 7.70. The Morgan fingerprint density at radius 3 is 2.83 bits per heavy atom. The van der Waals surface area contributed by atoms with Crippen LogP contribution in [0.2, 0.25) is 0 Å². The summed E-state index contributed by atoms with van der Waals surface area (Å²) < 4.78 is 0. The van der Waals surface area contributed by atoms with Crippen LogP contribution in [0.4, 0.5) is 0 Å². The van der Waals surface area contributed by atoms with Crippen LogP contribution in [0.25, 0.3) is 0 Å². The second-order valence-corrected chi connectivity index (χ2v) is 7.01. The van der Waals surface area contributed by atoms with Crippen LogP contribution in [0, 0.1) is 6.92 Å².